The summed E-state index contributed by atoms with van der Waals surface area (Å²) in [5, 5.41) is 19.5. The van der Waals surface area contributed by atoms with Gasteiger partial charge in [-0.2, -0.15) is 0 Å². The van der Waals surface area contributed by atoms with Gasteiger partial charge in [0.25, 0.3) is 0 Å². The second kappa shape index (κ2) is 14.6. The van der Waals surface area contributed by atoms with Crippen LogP contribution in [-0.2, 0) is 14.3 Å². The fourth-order valence-electron chi connectivity index (χ4n) is 6.29. The number of hydrogen-bond acceptors (Lipinski definition) is 7. The SMILES string of the molecule is CCN(C(=O)[C@@H]1CCN(CC(=O)N2CC=C(c3ccc(C(=N)/N=C\NC)cc3)CC2)C1)c1ccc(N)c(C(=N)C2CCOC2)c1. The number of anilines is 2. The van der Waals surface area contributed by atoms with E-state index in [0.29, 0.717) is 75.9 Å². The highest BCUT2D eigenvalue weighted by atomic mass is 16.5. The molecule has 3 aliphatic heterocycles. The zero-order chi connectivity index (χ0) is 31.9. The highest BCUT2D eigenvalue weighted by Gasteiger charge is 2.34. The molecule has 45 heavy (non-hydrogen) atoms. The number of nitrogens with zero attached hydrogens (tertiary/aromatic N) is 4. The molecule has 0 aromatic heterocycles. The molecule has 11 nitrogen and oxygen atoms in total. The lowest BCUT2D eigenvalue weighted by atomic mass is 9.94. The van der Waals surface area contributed by atoms with E-state index in [4.69, 9.17) is 21.3 Å². The molecule has 5 rings (SSSR count). The maximum Gasteiger partial charge on any atom is 0.237 e. The minimum Gasteiger partial charge on any atom is -0.398 e. The van der Waals surface area contributed by atoms with Crippen molar-refractivity contribution >= 4 is 46.6 Å². The van der Waals surface area contributed by atoms with Crippen LogP contribution in [0.25, 0.3) is 5.57 Å². The molecule has 2 fully saturated rings. The number of amidine groups is 1. The number of likely N-dealkylation sites (tertiary alicyclic amines) is 1. The van der Waals surface area contributed by atoms with Gasteiger partial charge in [0, 0.05) is 74.0 Å². The van der Waals surface area contributed by atoms with Gasteiger partial charge in [-0.25, -0.2) is 4.99 Å². The van der Waals surface area contributed by atoms with Crippen LogP contribution in [-0.4, -0.2) is 99.0 Å². The molecule has 1 unspecified atom stereocenters. The number of rotatable bonds is 10. The summed E-state index contributed by atoms with van der Waals surface area (Å²) in [6.45, 7) is 6.40. The Balaban J connectivity index is 1.14. The number of carbonyl (C=O) groups excluding carboxylic acids is 2. The monoisotopic (exact) mass is 612 g/mol. The first-order chi connectivity index (χ1) is 21.8. The van der Waals surface area contributed by atoms with Gasteiger partial charge in [-0.1, -0.05) is 30.3 Å². The molecule has 0 saturated carbocycles. The van der Waals surface area contributed by atoms with E-state index in [1.165, 1.54) is 11.9 Å². The van der Waals surface area contributed by atoms with Crippen molar-refractivity contribution < 1.29 is 14.3 Å². The Morgan fingerprint density at radius 2 is 1.93 bits per heavy atom. The van der Waals surface area contributed by atoms with Gasteiger partial charge in [0.05, 0.1) is 25.4 Å². The Morgan fingerprint density at radius 1 is 1.13 bits per heavy atom. The van der Waals surface area contributed by atoms with Crippen molar-refractivity contribution in [3.63, 3.8) is 0 Å². The van der Waals surface area contributed by atoms with Gasteiger partial charge in [0.1, 0.15) is 0 Å². The van der Waals surface area contributed by atoms with Crippen molar-refractivity contribution in [2.24, 2.45) is 16.8 Å². The molecule has 0 spiro atoms. The van der Waals surface area contributed by atoms with E-state index in [9.17, 15) is 9.59 Å². The van der Waals surface area contributed by atoms with Crippen LogP contribution in [0.1, 0.15) is 42.9 Å². The number of amides is 2. The third kappa shape index (κ3) is 7.49. The molecular weight excluding hydrogens is 568 g/mol. The molecule has 2 atom stereocenters. The Labute approximate surface area is 265 Å². The number of nitrogens with two attached hydrogens (primary N) is 1. The standard InChI is InChI=1S/C34H44N8O3/c1-3-42(28-8-9-30(35)29(18-28)32(36)27-13-17-45-21-27)34(44)26-10-14-40(19-26)20-31(43)41-15-11-24(12-16-41)23-4-6-25(7-5-23)33(37)39-22-38-2/h4-9,11,18,22,26-27,36H,3,10,12-17,19-21,35H2,1-2H3,(H2,37,38,39)/t26-,27?/m1/s1. The van der Waals surface area contributed by atoms with E-state index in [1.807, 2.05) is 48.2 Å². The van der Waals surface area contributed by atoms with Gasteiger partial charge in [0.2, 0.25) is 11.8 Å². The predicted octanol–water partition coefficient (Wildman–Crippen LogP) is 3.24. The average molecular weight is 613 g/mol. The maximum absolute atomic E-state index is 13.7. The molecule has 2 amide bonds. The summed E-state index contributed by atoms with van der Waals surface area (Å²) >= 11 is 0. The molecule has 2 aromatic rings. The van der Waals surface area contributed by atoms with Crippen molar-refractivity contribution in [1.82, 2.24) is 15.1 Å². The largest absolute Gasteiger partial charge is 0.398 e. The molecule has 3 aliphatic rings. The second-order valence-corrected chi connectivity index (χ2v) is 11.8. The van der Waals surface area contributed by atoms with Crippen molar-refractivity contribution in [1.29, 1.82) is 10.8 Å². The van der Waals surface area contributed by atoms with Gasteiger partial charge < -0.3 is 31.0 Å². The molecule has 5 N–H and O–H groups in total. The number of nitrogen functional groups attached to an aromatic ring is 1. The van der Waals surface area contributed by atoms with Crippen molar-refractivity contribution in [2.45, 2.75) is 26.2 Å². The summed E-state index contributed by atoms with van der Waals surface area (Å²) in [5.74, 6) is 0.148. The molecule has 0 bridgehead atoms. The Bertz CT molecular complexity index is 1480. The average Bonchev–Trinajstić information content (AvgIpc) is 3.78. The van der Waals surface area contributed by atoms with Gasteiger partial charge in [-0.3, -0.25) is 19.9 Å². The van der Waals surface area contributed by atoms with Gasteiger partial charge in [-0.05, 0) is 62.1 Å². The van der Waals surface area contributed by atoms with Crippen molar-refractivity contribution in [2.75, 3.05) is 70.2 Å². The molecular formula is C34H44N8O3. The minimum atomic E-state index is -0.192. The van der Waals surface area contributed by atoms with Gasteiger partial charge >= 0.3 is 0 Å². The minimum absolute atomic E-state index is 0.0214. The topological polar surface area (TPSA) is 151 Å². The lowest BCUT2D eigenvalue weighted by Gasteiger charge is -2.29. The summed E-state index contributed by atoms with van der Waals surface area (Å²) in [7, 11) is 1.74. The molecule has 238 valence electrons. The van der Waals surface area contributed by atoms with E-state index in [1.54, 1.807) is 18.0 Å². The first-order valence-corrected chi connectivity index (χ1v) is 15.7. The van der Waals surface area contributed by atoms with E-state index in [-0.39, 0.29) is 29.5 Å². The highest BCUT2D eigenvalue weighted by molar-refractivity contribution is 6.06. The second-order valence-electron chi connectivity index (χ2n) is 11.8. The van der Waals surface area contributed by atoms with Crippen molar-refractivity contribution in [3.05, 3.63) is 65.2 Å². The normalized spacial score (nSPS) is 20.3. The number of ether oxygens (including phenoxy) is 1. The summed E-state index contributed by atoms with van der Waals surface area (Å²) in [6, 6.07) is 13.3. The van der Waals surface area contributed by atoms with Crippen LogP contribution in [0.15, 0.2) is 53.5 Å². The van der Waals surface area contributed by atoms with Crippen LogP contribution in [0, 0.1) is 22.7 Å². The Kier molecular flexibility index (Phi) is 10.4. The zero-order valence-corrected chi connectivity index (χ0v) is 26.2. The fraction of sp³-hybridized carbons (Fsp3) is 0.441. The van der Waals surface area contributed by atoms with E-state index in [2.05, 4.69) is 21.3 Å². The number of hydrogen-bond donors (Lipinski definition) is 4. The quantitative estimate of drug-likeness (QED) is 0.184. The highest BCUT2D eigenvalue weighted by Crippen LogP contribution is 2.29. The maximum atomic E-state index is 13.7. The molecule has 2 aromatic carbocycles. The summed E-state index contributed by atoms with van der Waals surface area (Å²) < 4.78 is 5.47. The fourth-order valence-corrected chi connectivity index (χ4v) is 6.29. The number of aliphatic imine (C=N–C) groups is 1. The van der Waals surface area contributed by atoms with Gasteiger partial charge in [-0.15, -0.1) is 0 Å². The third-order valence-corrected chi connectivity index (χ3v) is 8.95. The summed E-state index contributed by atoms with van der Waals surface area (Å²) in [5.41, 5.74) is 11.7. The van der Waals surface area contributed by atoms with Crippen LogP contribution >= 0.6 is 0 Å². The summed E-state index contributed by atoms with van der Waals surface area (Å²) in [4.78, 5) is 36.7. The van der Waals surface area contributed by atoms with E-state index < -0.39 is 0 Å². The third-order valence-electron chi connectivity index (χ3n) is 8.95. The number of nitrogens with one attached hydrogen (secondary N) is 3. The Hall–Kier alpha value is -4.35. The molecule has 0 radical (unpaired) electrons. The molecule has 11 heteroatoms. The molecule has 3 heterocycles. The van der Waals surface area contributed by atoms with Crippen LogP contribution in [0.2, 0.25) is 0 Å². The first-order valence-electron chi connectivity index (χ1n) is 15.7. The van der Waals surface area contributed by atoms with E-state index >= 15 is 0 Å². The zero-order valence-electron chi connectivity index (χ0n) is 26.2. The van der Waals surface area contributed by atoms with Gasteiger partial charge in [0.15, 0.2) is 5.84 Å². The predicted molar refractivity (Wildman–Crippen MR) is 179 cm³/mol. The van der Waals surface area contributed by atoms with Crippen LogP contribution in [0.5, 0.6) is 0 Å². The smallest absolute Gasteiger partial charge is 0.237 e. The van der Waals surface area contributed by atoms with Crippen LogP contribution < -0.4 is 16.0 Å². The van der Waals surface area contributed by atoms with E-state index in [0.717, 1.165) is 29.7 Å². The lowest BCUT2D eigenvalue weighted by molar-refractivity contribution is -0.132. The first kappa shape index (κ1) is 32.1. The number of benzene rings is 2. The lowest BCUT2D eigenvalue weighted by Crippen LogP contribution is -2.42. The van der Waals surface area contributed by atoms with Crippen LogP contribution in [0.4, 0.5) is 11.4 Å². The number of carbonyl (C=O) groups is 2. The van der Waals surface area contributed by atoms with Crippen molar-refractivity contribution in [3.8, 4) is 0 Å². The molecule has 2 saturated heterocycles. The summed E-state index contributed by atoms with van der Waals surface area (Å²) in [6.07, 6.45) is 5.87. The van der Waals surface area contributed by atoms with Crippen LogP contribution in [0.3, 0.4) is 0 Å². The molecule has 0 aliphatic carbocycles. The Morgan fingerprint density at radius 3 is 2.60 bits per heavy atom.